The second-order valence-corrected chi connectivity index (χ2v) is 8.14. The highest BCUT2D eigenvalue weighted by molar-refractivity contribution is 7.80. The first-order valence-corrected chi connectivity index (χ1v) is 13.1. The molecule has 13 nitrogen and oxygen atoms in total. The Labute approximate surface area is 203 Å². The Hall–Kier alpha value is -0.490. The minimum absolute atomic E-state index is 0.0301. The van der Waals surface area contributed by atoms with Crippen LogP contribution in [-0.2, 0) is 33.9 Å². The quantitative estimate of drug-likeness (QED) is 0.0461. The highest BCUT2D eigenvalue weighted by atomic mass is 32.3. The summed E-state index contributed by atoms with van der Waals surface area (Å²) < 4.78 is 34.5. The minimum atomic E-state index is -4.48. The van der Waals surface area contributed by atoms with E-state index in [1.54, 1.807) is 0 Å². The molecule has 208 valence electrons. The predicted octanol–water partition coefficient (Wildman–Crippen LogP) is 0.883. The molecule has 0 aliphatic rings. The number of quaternary nitrogens is 1. The van der Waals surface area contributed by atoms with Gasteiger partial charge in [-0.15, -0.1) is 0 Å². The number of hydrogen-bond donors (Lipinski definition) is 4. The van der Waals surface area contributed by atoms with Gasteiger partial charge in [-0.1, -0.05) is 84.1 Å². The molecule has 0 aromatic heterocycles. The average Bonchev–Trinajstić information content (AvgIpc) is 2.81. The number of nitrogens with zero attached hydrogens (tertiary/aromatic N) is 1. The molecule has 0 radical (unpaired) electrons. The maximum absolute atomic E-state index is 10.1. The second kappa shape index (κ2) is 25.6. The molecule has 34 heavy (non-hydrogen) atoms. The molecule has 0 aliphatic heterocycles. The SMILES string of the molecule is CCCCCCCCCCCCOS(=O)(=O)[O-].OCCO[N+](OCCO)(OCCO)OCCO. The lowest BCUT2D eigenvalue weighted by Crippen LogP contribution is -2.49. The molecule has 14 heteroatoms. The lowest BCUT2D eigenvalue weighted by molar-refractivity contribution is -1.47. The van der Waals surface area contributed by atoms with Crippen molar-refractivity contribution in [2.75, 3.05) is 59.5 Å². The van der Waals surface area contributed by atoms with Crippen LogP contribution in [0, 0.1) is 0 Å². The average molecular weight is 524 g/mol. The summed E-state index contributed by atoms with van der Waals surface area (Å²) in [6.07, 6.45) is 11.7. The van der Waals surface area contributed by atoms with E-state index in [2.05, 4.69) is 11.1 Å². The molecule has 0 atom stereocenters. The van der Waals surface area contributed by atoms with E-state index in [0.717, 1.165) is 12.8 Å². The number of rotatable bonds is 24. The highest BCUT2D eigenvalue weighted by Crippen LogP contribution is 2.13. The summed E-state index contributed by atoms with van der Waals surface area (Å²) in [5.41, 5.74) is 0. The third-order valence-corrected chi connectivity index (χ3v) is 4.54. The second-order valence-electron chi connectivity index (χ2n) is 7.09. The fourth-order valence-electron chi connectivity index (χ4n) is 2.58. The van der Waals surface area contributed by atoms with Gasteiger partial charge in [0, 0.05) is 0 Å². The van der Waals surface area contributed by atoms with Crippen LogP contribution in [0.5, 0.6) is 0 Å². The van der Waals surface area contributed by atoms with E-state index in [9.17, 15) is 13.0 Å². The predicted molar refractivity (Wildman–Crippen MR) is 120 cm³/mol. The van der Waals surface area contributed by atoms with Crippen LogP contribution in [0.3, 0.4) is 0 Å². The molecule has 0 saturated heterocycles. The van der Waals surface area contributed by atoms with Crippen LogP contribution < -0.4 is 0 Å². The van der Waals surface area contributed by atoms with Gasteiger partial charge >= 0.3 is 0 Å². The minimum Gasteiger partial charge on any atom is -0.726 e. The monoisotopic (exact) mass is 523 g/mol. The summed E-state index contributed by atoms with van der Waals surface area (Å²) in [5.74, 6) is 0. The zero-order chi connectivity index (χ0) is 26.0. The third-order valence-electron chi connectivity index (χ3n) is 4.09. The van der Waals surface area contributed by atoms with Crippen LogP contribution >= 0.6 is 0 Å². The van der Waals surface area contributed by atoms with E-state index in [1.165, 1.54) is 44.9 Å². The number of aliphatic hydroxyl groups excluding tert-OH is 4. The molecule has 0 aromatic carbocycles. The molecule has 0 rings (SSSR count). The van der Waals surface area contributed by atoms with Crippen molar-refractivity contribution < 1.29 is 62.1 Å². The Morgan fingerprint density at radius 1 is 0.588 bits per heavy atom. The molecule has 0 unspecified atom stereocenters. The highest BCUT2D eigenvalue weighted by Gasteiger charge is 2.38. The molecule has 0 heterocycles. The third kappa shape index (κ3) is 26.1. The van der Waals surface area contributed by atoms with Crippen LogP contribution in [0.25, 0.3) is 0 Å². The zero-order valence-electron chi connectivity index (χ0n) is 20.3. The van der Waals surface area contributed by atoms with Gasteiger partial charge < -0.3 is 25.0 Å². The summed E-state index contributed by atoms with van der Waals surface area (Å²) in [4.78, 5) is 19.9. The summed E-state index contributed by atoms with van der Waals surface area (Å²) in [6, 6.07) is 0. The summed E-state index contributed by atoms with van der Waals surface area (Å²) in [7, 11) is -4.48. The first-order valence-electron chi connectivity index (χ1n) is 11.8. The van der Waals surface area contributed by atoms with E-state index < -0.39 is 15.5 Å². The van der Waals surface area contributed by atoms with Crippen molar-refractivity contribution in [3.05, 3.63) is 0 Å². The standard InChI is InChI=1S/C12H26O4S.C8H20NO8/c1-2-3-4-5-6-7-8-9-10-11-12-16-17(13,14)15;10-1-5-14-9(15-6-2-11,16-7-3-12)17-8-4-13/h2-12H2,1H3,(H,13,14,15);10-13H,1-8H2/q;+1/p-1. The Morgan fingerprint density at radius 2 is 0.912 bits per heavy atom. The van der Waals surface area contributed by atoms with Gasteiger partial charge in [-0.25, -0.2) is 8.42 Å². The van der Waals surface area contributed by atoms with Gasteiger partial charge in [0.2, 0.25) is 15.5 Å². The van der Waals surface area contributed by atoms with Crippen molar-refractivity contribution in [2.45, 2.75) is 71.1 Å². The fraction of sp³-hybridized carbons (Fsp3) is 1.00. The summed E-state index contributed by atoms with van der Waals surface area (Å²) in [6.45, 7) is 0.448. The Balaban J connectivity index is 0. The van der Waals surface area contributed by atoms with Crippen LogP contribution in [-0.4, -0.2) is 98.0 Å². The van der Waals surface area contributed by atoms with E-state index >= 15 is 0 Å². The zero-order valence-corrected chi connectivity index (χ0v) is 21.2. The number of hydrogen-bond acceptors (Lipinski definition) is 12. The van der Waals surface area contributed by atoms with Gasteiger partial charge in [-0.05, 0) is 6.42 Å². The Kier molecular flexibility index (Phi) is 26.9. The molecule has 0 spiro atoms. The van der Waals surface area contributed by atoms with E-state index in [4.69, 9.17) is 39.8 Å². The van der Waals surface area contributed by atoms with Gasteiger partial charge in [0.25, 0.3) is 0 Å². The molecule has 4 N–H and O–H groups in total. The molecule has 0 aliphatic carbocycles. The number of unbranched alkanes of at least 4 members (excludes halogenated alkanes) is 9. The maximum atomic E-state index is 10.1. The van der Waals surface area contributed by atoms with Crippen molar-refractivity contribution in [3.63, 3.8) is 0 Å². The van der Waals surface area contributed by atoms with Crippen molar-refractivity contribution in [3.8, 4) is 0 Å². The largest absolute Gasteiger partial charge is 0.726 e. The van der Waals surface area contributed by atoms with E-state index in [1.807, 2.05) is 0 Å². The van der Waals surface area contributed by atoms with Crippen molar-refractivity contribution in [2.24, 2.45) is 0 Å². The molecule has 0 amide bonds. The van der Waals surface area contributed by atoms with Crippen LogP contribution in [0.15, 0.2) is 0 Å². The molecule has 0 bridgehead atoms. The topological polar surface area (TPSA) is 184 Å². The molecule has 0 saturated carbocycles. The molecule has 0 aromatic rings. The van der Waals surface area contributed by atoms with Gasteiger partial charge in [0.15, 0.2) is 0 Å². The van der Waals surface area contributed by atoms with Crippen LogP contribution in [0.2, 0.25) is 0 Å². The van der Waals surface area contributed by atoms with Crippen molar-refractivity contribution in [1.82, 2.24) is 0 Å². The normalized spacial score (nSPS) is 11.9. The van der Waals surface area contributed by atoms with Crippen LogP contribution in [0.1, 0.15) is 71.1 Å². The summed E-state index contributed by atoms with van der Waals surface area (Å²) in [5, 5.41) is 33.4. The van der Waals surface area contributed by atoms with Gasteiger partial charge in [0.05, 0.1) is 33.0 Å². The Morgan fingerprint density at radius 3 is 1.21 bits per heavy atom. The summed E-state index contributed by atoms with van der Waals surface area (Å²) >= 11 is 0. The first kappa shape index (κ1) is 35.7. The first-order chi connectivity index (χ1) is 16.3. The van der Waals surface area contributed by atoms with Crippen molar-refractivity contribution in [1.29, 1.82) is 0 Å². The molecule has 0 fully saturated rings. The van der Waals surface area contributed by atoms with E-state index in [0.29, 0.717) is 6.42 Å². The lowest BCUT2D eigenvalue weighted by atomic mass is 10.1. The molecular weight excluding hydrogens is 478 g/mol. The van der Waals surface area contributed by atoms with Crippen molar-refractivity contribution >= 4 is 10.4 Å². The van der Waals surface area contributed by atoms with Gasteiger partial charge in [-0.2, -0.15) is 0 Å². The van der Waals surface area contributed by atoms with Gasteiger partial charge in [0.1, 0.15) is 26.4 Å². The lowest BCUT2D eigenvalue weighted by Gasteiger charge is -2.24. The fourth-order valence-corrected chi connectivity index (χ4v) is 2.91. The number of aliphatic hydroxyl groups is 4. The van der Waals surface area contributed by atoms with Crippen LogP contribution in [0.4, 0.5) is 0 Å². The maximum Gasteiger partial charge on any atom is 0.247 e. The van der Waals surface area contributed by atoms with Gasteiger partial charge in [-0.3, -0.25) is 4.18 Å². The Bertz CT molecular complexity index is 472. The van der Waals surface area contributed by atoms with E-state index in [-0.39, 0.29) is 59.5 Å². The smallest absolute Gasteiger partial charge is 0.247 e. The molecular formula is C20H45NO12S.